The Hall–Kier alpha value is -1.43. The van der Waals surface area contributed by atoms with Crippen molar-refractivity contribution in [1.29, 1.82) is 0 Å². The van der Waals surface area contributed by atoms with Crippen LogP contribution in [-0.4, -0.2) is 29.3 Å². The number of aldehydes is 1. The molecule has 5 N–H and O–H groups in total. The van der Waals surface area contributed by atoms with Crippen molar-refractivity contribution in [2.75, 3.05) is 0 Å². The van der Waals surface area contributed by atoms with Crippen LogP contribution in [0.1, 0.15) is 32.1 Å². The first-order chi connectivity index (χ1) is 7.47. The molecule has 16 heavy (non-hydrogen) atoms. The molecule has 0 aromatic rings. The van der Waals surface area contributed by atoms with Crippen LogP contribution in [0.3, 0.4) is 0 Å². The molecule has 0 saturated heterocycles. The van der Waals surface area contributed by atoms with Crippen LogP contribution in [0.5, 0.6) is 0 Å². The molecule has 92 valence electrons. The van der Waals surface area contributed by atoms with Gasteiger partial charge in [0.05, 0.1) is 0 Å². The van der Waals surface area contributed by atoms with Crippen molar-refractivity contribution in [3.63, 3.8) is 0 Å². The molecule has 0 aliphatic rings. The Morgan fingerprint density at radius 3 is 2.25 bits per heavy atom. The Balaban J connectivity index is 3.67. The van der Waals surface area contributed by atoms with Crippen LogP contribution >= 0.6 is 0 Å². The van der Waals surface area contributed by atoms with Gasteiger partial charge in [-0.05, 0) is 12.8 Å². The van der Waals surface area contributed by atoms with Crippen LogP contribution in [0.2, 0.25) is 0 Å². The molecule has 0 fully saturated rings. The Morgan fingerprint density at radius 2 is 1.81 bits per heavy atom. The van der Waals surface area contributed by atoms with Crippen LogP contribution in [0, 0.1) is 5.92 Å². The first kappa shape index (κ1) is 14.6. The van der Waals surface area contributed by atoms with Gasteiger partial charge in [-0.25, -0.2) is 0 Å². The normalized spacial score (nSPS) is 14.1. The third-order valence-corrected chi connectivity index (χ3v) is 2.31. The number of carbonyl (C=O) groups is 3. The first-order valence-corrected chi connectivity index (χ1v) is 5.19. The maximum Gasteiger partial charge on any atom is 0.320 e. The molecule has 0 aliphatic carbocycles. The van der Waals surface area contributed by atoms with Crippen LogP contribution in [-0.2, 0) is 14.4 Å². The van der Waals surface area contributed by atoms with Crippen molar-refractivity contribution < 1.29 is 19.5 Å². The number of hydrogen-bond acceptors (Lipinski definition) is 4. The fourth-order valence-electron chi connectivity index (χ4n) is 1.37. The number of rotatable bonds is 9. The lowest BCUT2D eigenvalue weighted by atomic mass is 9.98. The van der Waals surface area contributed by atoms with Gasteiger partial charge in [-0.15, -0.1) is 0 Å². The second kappa shape index (κ2) is 7.81. The highest BCUT2D eigenvalue weighted by Crippen LogP contribution is 2.12. The van der Waals surface area contributed by atoms with E-state index in [9.17, 15) is 14.4 Å². The van der Waals surface area contributed by atoms with Crippen molar-refractivity contribution in [3.8, 4) is 0 Å². The minimum atomic E-state index is -1.02. The molecule has 2 unspecified atom stereocenters. The molecule has 0 saturated carbocycles. The first-order valence-electron chi connectivity index (χ1n) is 5.19. The van der Waals surface area contributed by atoms with E-state index in [4.69, 9.17) is 16.6 Å². The summed E-state index contributed by atoms with van der Waals surface area (Å²) in [5.74, 6) is -1.89. The van der Waals surface area contributed by atoms with E-state index in [0.29, 0.717) is 32.0 Å². The zero-order chi connectivity index (χ0) is 12.6. The summed E-state index contributed by atoms with van der Waals surface area (Å²) < 4.78 is 0. The lowest BCUT2D eigenvalue weighted by molar-refractivity contribution is -0.138. The Morgan fingerprint density at radius 1 is 1.25 bits per heavy atom. The molecule has 0 spiro atoms. The zero-order valence-electron chi connectivity index (χ0n) is 9.09. The number of amides is 1. The average Bonchev–Trinajstić information content (AvgIpc) is 2.21. The fourth-order valence-corrected chi connectivity index (χ4v) is 1.37. The highest BCUT2D eigenvalue weighted by molar-refractivity contribution is 5.77. The van der Waals surface area contributed by atoms with Gasteiger partial charge in [0.25, 0.3) is 0 Å². The SMILES string of the molecule is NC(=O)CC(C=O)CCCCC(N)C(=O)O. The number of carboxylic acids is 1. The summed E-state index contributed by atoms with van der Waals surface area (Å²) in [6.07, 6.45) is 2.96. The highest BCUT2D eigenvalue weighted by atomic mass is 16.4. The fraction of sp³-hybridized carbons (Fsp3) is 0.700. The van der Waals surface area contributed by atoms with E-state index >= 15 is 0 Å². The van der Waals surface area contributed by atoms with E-state index < -0.39 is 17.9 Å². The van der Waals surface area contributed by atoms with Gasteiger partial charge in [-0.2, -0.15) is 0 Å². The Kier molecular flexibility index (Phi) is 7.11. The van der Waals surface area contributed by atoms with E-state index in [2.05, 4.69) is 0 Å². The van der Waals surface area contributed by atoms with Gasteiger partial charge in [0.15, 0.2) is 0 Å². The van der Waals surface area contributed by atoms with Gasteiger partial charge in [0.1, 0.15) is 12.3 Å². The average molecular weight is 230 g/mol. The van der Waals surface area contributed by atoms with Gasteiger partial charge in [-0.1, -0.05) is 12.8 Å². The Bertz CT molecular complexity index is 255. The van der Waals surface area contributed by atoms with Gasteiger partial charge in [0, 0.05) is 12.3 Å². The summed E-state index contributed by atoms with van der Waals surface area (Å²) in [5, 5.41) is 8.51. The molecule has 0 heterocycles. The van der Waals surface area contributed by atoms with E-state index in [-0.39, 0.29) is 12.3 Å². The molecule has 0 aromatic heterocycles. The molecule has 0 bridgehead atoms. The maximum absolute atomic E-state index is 10.6. The van der Waals surface area contributed by atoms with Crippen LogP contribution in [0.4, 0.5) is 0 Å². The molecule has 6 nitrogen and oxygen atoms in total. The van der Waals surface area contributed by atoms with Gasteiger partial charge >= 0.3 is 5.97 Å². The monoisotopic (exact) mass is 230 g/mol. The molecular weight excluding hydrogens is 212 g/mol. The summed E-state index contributed by atoms with van der Waals surface area (Å²) in [6, 6.07) is -0.856. The van der Waals surface area contributed by atoms with E-state index in [1.54, 1.807) is 0 Å². The van der Waals surface area contributed by atoms with Crippen LogP contribution in [0.25, 0.3) is 0 Å². The van der Waals surface area contributed by atoms with Crippen molar-refractivity contribution >= 4 is 18.2 Å². The molecule has 1 amide bonds. The van der Waals surface area contributed by atoms with Crippen LogP contribution < -0.4 is 11.5 Å². The molecule has 6 heteroatoms. The lowest BCUT2D eigenvalue weighted by Gasteiger charge is -2.09. The third kappa shape index (κ3) is 6.94. The number of nitrogens with two attached hydrogens (primary N) is 2. The molecule has 0 rings (SSSR count). The van der Waals surface area contributed by atoms with Gasteiger partial charge in [0.2, 0.25) is 5.91 Å². The quantitative estimate of drug-likeness (QED) is 0.369. The topological polar surface area (TPSA) is 123 Å². The molecular formula is C10H18N2O4. The van der Waals surface area contributed by atoms with Gasteiger partial charge in [-0.3, -0.25) is 9.59 Å². The minimum absolute atomic E-state index is 0.0501. The second-order valence-corrected chi connectivity index (χ2v) is 3.80. The second-order valence-electron chi connectivity index (χ2n) is 3.80. The van der Waals surface area contributed by atoms with Crippen molar-refractivity contribution in [1.82, 2.24) is 0 Å². The van der Waals surface area contributed by atoms with Crippen molar-refractivity contribution in [2.45, 2.75) is 38.1 Å². The standard InChI is InChI=1S/C10H18N2O4/c11-8(10(15)16)4-2-1-3-7(6-13)5-9(12)14/h6-8H,1-5,11H2,(H2,12,14)(H,15,16). The molecule has 0 radical (unpaired) electrons. The number of unbranched alkanes of at least 4 members (excludes halogenated alkanes) is 1. The molecule has 2 atom stereocenters. The smallest absolute Gasteiger partial charge is 0.320 e. The maximum atomic E-state index is 10.6. The molecule has 0 aliphatic heterocycles. The van der Waals surface area contributed by atoms with E-state index in [1.807, 2.05) is 0 Å². The predicted molar refractivity (Wildman–Crippen MR) is 57.4 cm³/mol. The number of primary amides is 1. The summed E-state index contributed by atoms with van der Waals surface area (Å²) in [4.78, 5) is 31.5. The highest BCUT2D eigenvalue weighted by Gasteiger charge is 2.13. The zero-order valence-corrected chi connectivity index (χ0v) is 9.09. The van der Waals surface area contributed by atoms with Gasteiger partial charge < -0.3 is 21.4 Å². The summed E-state index contributed by atoms with van der Waals surface area (Å²) in [6.45, 7) is 0. The lowest BCUT2D eigenvalue weighted by Crippen LogP contribution is -2.29. The number of aliphatic carboxylic acids is 1. The van der Waals surface area contributed by atoms with E-state index in [0.717, 1.165) is 0 Å². The summed E-state index contributed by atoms with van der Waals surface area (Å²) in [5.41, 5.74) is 10.3. The predicted octanol–water partition coefficient (Wildman–Crippen LogP) is -0.351. The van der Waals surface area contributed by atoms with Crippen LogP contribution in [0.15, 0.2) is 0 Å². The largest absolute Gasteiger partial charge is 0.480 e. The summed E-state index contributed by atoms with van der Waals surface area (Å²) >= 11 is 0. The summed E-state index contributed by atoms with van der Waals surface area (Å²) in [7, 11) is 0. The number of hydrogen-bond donors (Lipinski definition) is 3. The third-order valence-electron chi connectivity index (χ3n) is 2.31. The van der Waals surface area contributed by atoms with E-state index in [1.165, 1.54) is 0 Å². The Labute approximate surface area is 94.0 Å². The van der Waals surface area contributed by atoms with Crippen molar-refractivity contribution in [2.24, 2.45) is 17.4 Å². The molecule has 0 aromatic carbocycles. The number of carbonyl (C=O) groups excluding carboxylic acids is 2. The number of carboxylic acid groups (broad SMARTS) is 1. The minimum Gasteiger partial charge on any atom is -0.480 e. The van der Waals surface area contributed by atoms with Crippen molar-refractivity contribution in [3.05, 3.63) is 0 Å².